The molecule has 5 N–H and O–H groups in total. The van der Waals surface area contributed by atoms with Crippen LogP contribution in [0.5, 0.6) is 0 Å². The maximum atomic E-state index is 11.8. The third kappa shape index (κ3) is 4.11. The molecule has 0 saturated heterocycles. The van der Waals surface area contributed by atoms with Crippen LogP contribution < -0.4 is 16.4 Å². The van der Waals surface area contributed by atoms with E-state index in [1.54, 1.807) is 27.7 Å². The van der Waals surface area contributed by atoms with E-state index in [0.29, 0.717) is 0 Å². The molecular formula is C13H25N3O4. The monoisotopic (exact) mass is 287 g/mol. The van der Waals surface area contributed by atoms with Gasteiger partial charge in [-0.25, -0.2) is 4.79 Å². The van der Waals surface area contributed by atoms with Crippen molar-refractivity contribution < 1.29 is 19.5 Å². The summed E-state index contributed by atoms with van der Waals surface area (Å²) in [6.45, 7) is 9.60. The third-order valence-corrected chi connectivity index (χ3v) is 3.88. The van der Waals surface area contributed by atoms with Gasteiger partial charge in [0.1, 0.15) is 0 Å². The first kappa shape index (κ1) is 18.2. The topological polar surface area (TPSA) is 122 Å². The molecule has 0 saturated carbocycles. The molecule has 0 rings (SSSR count). The molecule has 20 heavy (non-hydrogen) atoms. The highest BCUT2D eigenvalue weighted by Gasteiger charge is 2.44. The molecular weight excluding hydrogens is 262 g/mol. The Morgan fingerprint density at radius 1 is 1.05 bits per heavy atom. The highest BCUT2D eigenvalue weighted by atomic mass is 16.4. The lowest BCUT2D eigenvalue weighted by molar-refractivity contribution is -0.150. The van der Waals surface area contributed by atoms with Crippen LogP contribution in [-0.2, 0) is 9.59 Å². The number of rotatable bonds is 6. The van der Waals surface area contributed by atoms with Crippen molar-refractivity contribution in [3.63, 3.8) is 0 Å². The fourth-order valence-corrected chi connectivity index (χ4v) is 1.14. The molecule has 0 aromatic carbocycles. The summed E-state index contributed by atoms with van der Waals surface area (Å²) in [6, 6.07) is -0.543. The van der Waals surface area contributed by atoms with Gasteiger partial charge in [-0.2, -0.15) is 0 Å². The number of carbonyl (C=O) groups excluding carboxylic acids is 2. The van der Waals surface area contributed by atoms with Crippen molar-refractivity contribution >= 4 is 17.9 Å². The molecule has 0 radical (unpaired) electrons. The zero-order valence-electron chi connectivity index (χ0n) is 13.0. The van der Waals surface area contributed by atoms with Crippen LogP contribution in [0.25, 0.3) is 0 Å². The molecule has 0 aliphatic rings. The Bertz CT molecular complexity index is 414. The van der Waals surface area contributed by atoms with Crippen molar-refractivity contribution in [2.75, 3.05) is 6.54 Å². The van der Waals surface area contributed by atoms with Gasteiger partial charge in [-0.15, -0.1) is 0 Å². The molecule has 0 aromatic heterocycles. The minimum absolute atomic E-state index is 0.0672. The van der Waals surface area contributed by atoms with Crippen molar-refractivity contribution in [3.8, 4) is 0 Å². The summed E-state index contributed by atoms with van der Waals surface area (Å²) in [6.07, 6.45) is 0. The fourth-order valence-electron chi connectivity index (χ4n) is 1.14. The zero-order chi connectivity index (χ0) is 16.4. The standard InChI is InChI=1S/C13H25N3O4/c1-11(2,8(14)17)7-15-10(20)16-13(5,6)12(3,4)9(18)19/h7H2,1-6H3,(H2,14,17)(H,18,19)(H2,15,16,20). The number of aliphatic carboxylic acids is 1. The number of carbonyl (C=O) groups is 3. The molecule has 116 valence electrons. The molecule has 0 atom stereocenters. The minimum atomic E-state index is -1.15. The molecule has 7 nitrogen and oxygen atoms in total. The van der Waals surface area contributed by atoms with Gasteiger partial charge in [0.2, 0.25) is 5.91 Å². The highest BCUT2D eigenvalue weighted by Crippen LogP contribution is 2.30. The van der Waals surface area contributed by atoms with E-state index >= 15 is 0 Å². The maximum absolute atomic E-state index is 11.8. The Labute approximate surface area is 119 Å². The lowest BCUT2D eigenvalue weighted by Gasteiger charge is -2.38. The number of carboxylic acid groups (broad SMARTS) is 1. The van der Waals surface area contributed by atoms with E-state index in [-0.39, 0.29) is 6.54 Å². The first-order valence-corrected chi connectivity index (χ1v) is 6.33. The van der Waals surface area contributed by atoms with Crippen molar-refractivity contribution in [1.82, 2.24) is 10.6 Å². The van der Waals surface area contributed by atoms with Gasteiger partial charge < -0.3 is 21.5 Å². The number of nitrogens with two attached hydrogens (primary N) is 1. The van der Waals surface area contributed by atoms with Gasteiger partial charge in [-0.3, -0.25) is 9.59 Å². The molecule has 0 aliphatic carbocycles. The molecule has 0 aliphatic heterocycles. The predicted molar refractivity (Wildman–Crippen MR) is 75.0 cm³/mol. The van der Waals surface area contributed by atoms with E-state index in [2.05, 4.69) is 10.6 Å². The molecule has 0 unspecified atom stereocenters. The summed E-state index contributed by atoms with van der Waals surface area (Å²) in [4.78, 5) is 34.2. The summed E-state index contributed by atoms with van der Waals surface area (Å²) in [5, 5.41) is 14.3. The van der Waals surface area contributed by atoms with E-state index in [1.165, 1.54) is 13.8 Å². The molecule has 0 aromatic rings. The summed E-state index contributed by atoms with van der Waals surface area (Å²) in [7, 11) is 0. The third-order valence-electron chi connectivity index (χ3n) is 3.88. The van der Waals surface area contributed by atoms with Crippen LogP contribution in [0.3, 0.4) is 0 Å². The molecule has 0 bridgehead atoms. The Kier molecular flexibility index (Phi) is 5.17. The van der Waals surface area contributed by atoms with Gasteiger partial charge in [-0.05, 0) is 41.5 Å². The second kappa shape index (κ2) is 5.68. The van der Waals surface area contributed by atoms with Crippen LogP contribution in [0.4, 0.5) is 4.79 Å². The zero-order valence-corrected chi connectivity index (χ0v) is 13.0. The minimum Gasteiger partial charge on any atom is -0.481 e. The van der Waals surface area contributed by atoms with Crippen LogP contribution in [0.2, 0.25) is 0 Å². The van der Waals surface area contributed by atoms with Crippen LogP contribution in [0.15, 0.2) is 0 Å². The summed E-state index contributed by atoms with van der Waals surface area (Å²) >= 11 is 0. The highest BCUT2D eigenvalue weighted by molar-refractivity contribution is 5.82. The number of nitrogens with one attached hydrogen (secondary N) is 2. The first-order valence-electron chi connectivity index (χ1n) is 6.33. The Hall–Kier alpha value is -1.79. The number of primary amides is 1. The van der Waals surface area contributed by atoms with Crippen molar-refractivity contribution in [3.05, 3.63) is 0 Å². The Morgan fingerprint density at radius 3 is 1.85 bits per heavy atom. The molecule has 0 spiro atoms. The summed E-state index contributed by atoms with van der Waals surface area (Å²) < 4.78 is 0. The van der Waals surface area contributed by atoms with Crippen LogP contribution in [-0.4, -0.2) is 35.1 Å². The Morgan fingerprint density at radius 2 is 1.50 bits per heavy atom. The van der Waals surface area contributed by atoms with Gasteiger partial charge in [0, 0.05) is 6.54 Å². The van der Waals surface area contributed by atoms with Crippen LogP contribution in [0, 0.1) is 10.8 Å². The van der Waals surface area contributed by atoms with Crippen molar-refractivity contribution in [2.24, 2.45) is 16.6 Å². The quantitative estimate of drug-likeness (QED) is 0.574. The van der Waals surface area contributed by atoms with Gasteiger partial charge in [0.25, 0.3) is 0 Å². The molecule has 3 amide bonds. The van der Waals surface area contributed by atoms with E-state index < -0.39 is 34.3 Å². The van der Waals surface area contributed by atoms with Crippen LogP contribution in [0.1, 0.15) is 41.5 Å². The van der Waals surface area contributed by atoms with Gasteiger partial charge in [-0.1, -0.05) is 0 Å². The first-order chi connectivity index (χ1) is 8.74. The summed E-state index contributed by atoms with van der Waals surface area (Å²) in [5.41, 5.74) is 2.21. The number of amides is 3. The second-order valence-corrected chi connectivity index (χ2v) is 6.61. The Balaban J connectivity index is 4.70. The maximum Gasteiger partial charge on any atom is 0.315 e. The number of hydrogen-bond donors (Lipinski definition) is 4. The van der Waals surface area contributed by atoms with Gasteiger partial charge in [0.05, 0.1) is 16.4 Å². The van der Waals surface area contributed by atoms with Crippen molar-refractivity contribution in [2.45, 2.75) is 47.1 Å². The van der Waals surface area contributed by atoms with Crippen LogP contribution >= 0.6 is 0 Å². The number of hydrogen-bond acceptors (Lipinski definition) is 3. The lowest BCUT2D eigenvalue weighted by atomic mass is 9.74. The average molecular weight is 287 g/mol. The second-order valence-electron chi connectivity index (χ2n) is 6.61. The van der Waals surface area contributed by atoms with E-state index in [9.17, 15) is 19.5 Å². The smallest absolute Gasteiger partial charge is 0.315 e. The van der Waals surface area contributed by atoms with E-state index in [1.807, 2.05) is 0 Å². The van der Waals surface area contributed by atoms with Gasteiger partial charge >= 0.3 is 12.0 Å². The average Bonchev–Trinajstić information content (AvgIpc) is 2.25. The van der Waals surface area contributed by atoms with E-state index in [4.69, 9.17) is 5.73 Å². The normalized spacial score (nSPS) is 12.7. The molecule has 0 heterocycles. The molecule has 7 heteroatoms. The molecule has 0 fully saturated rings. The van der Waals surface area contributed by atoms with Crippen molar-refractivity contribution in [1.29, 1.82) is 0 Å². The van der Waals surface area contributed by atoms with E-state index in [0.717, 1.165) is 0 Å². The van der Waals surface area contributed by atoms with Gasteiger partial charge in [0.15, 0.2) is 0 Å². The largest absolute Gasteiger partial charge is 0.481 e. The predicted octanol–water partition coefficient (Wildman–Crippen LogP) is 0.687. The number of urea groups is 1. The number of carboxylic acids is 1. The fraction of sp³-hybridized carbons (Fsp3) is 0.769. The lowest BCUT2D eigenvalue weighted by Crippen LogP contribution is -2.59. The SMILES string of the molecule is CC(C)(CNC(=O)NC(C)(C)C(C)(C)C(=O)O)C(N)=O. The summed E-state index contributed by atoms with van der Waals surface area (Å²) in [5.74, 6) is -1.54.